The zero-order chi connectivity index (χ0) is 18.4. The van der Waals surface area contributed by atoms with Crippen LogP contribution in [0.25, 0.3) is 0 Å². The molecule has 7 heteroatoms. The van der Waals surface area contributed by atoms with Gasteiger partial charge in [-0.15, -0.1) is 0 Å². The first kappa shape index (κ1) is 19.3. The van der Waals surface area contributed by atoms with Gasteiger partial charge in [-0.05, 0) is 43.6 Å². The minimum atomic E-state index is -4.44. The molecule has 0 bridgehead atoms. The topological polar surface area (TPSA) is 32.3 Å². The molecule has 0 aliphatic rings. The average molecular weight is 368 g/mol. The molecule has 0 radical (unpaired) electrons. The Balaban J connectivity index is 2.12. The number of amides is 1. The molecule has 1 amide bonds. The fourth-order valence-corrected chi connectivity index (χ4v) is 3.09. The van der Waals surface area contributed by atoms with E-state index in [1.54, 1.807) is 6.07 Å². The van der Waals surface area contributed by atoms with Crippen LogP contribution < -0.4 is 5.32 Å². The Kier molecular flexibility index (Phi) is 6.50. The van der Waals surface area contributed by atoms with E-state index in [0.29, 0.717) is 6.54 Å². The molecule has 0 saturated carbocycles. The van der Waals surface area contributed by atoms with Crippen molar-refractivity contribution in [2.24, 2.45) is 0 Å². The molecule has 3 nitrogen and oxygen atoms in total. The standard InChI is InChI=1S/C18H19F3N2OS/c1-23(2)15(13-8-4-3-5-9-13)12-22-17(24)14-10-6-7-11-16(14)25-18(19,20)21/h3-11,15H,12H2,1-2H3,(H,22,24). The number of alkyl halides is 3. The van der Waals surface area contributed by atoms with E-state index >= 15 is 0 Å². The summed E-state index contributed by atoms with van der Waals surface area (Å²) in [5.41, 5.74) is -3.40. The summed E-state index contributed by atoms with van der Waals surface area (Å²) in [5, 5.41) is 2.74. The Labute approximate surface area is 149 Å². The van der Waals surface area contributed by atoms with Gasteiger partial charge in [0.1, 0.15) is 0 Å². The van der Waals surface area contributed by atoms with E-state index in [-0.39, 0.29) is 28.3 Å². The van der Waals surface area contributed by atoms with Gasteiger partial charge in [-0.1, -0.05) is 42.5 Å². The SMILES string of the molecule is CN(C)C(CNC(=O)c1ccccc1SC(F)(F)F)c1ccccc1. The second-order valence-electron chi connectivity index (χ2n) is 5.64. The molecule has 134 valence electrons. The Morgan fingerprint density at radius 1 is 1.08 bits per heavy atom. The maximum atomic E-state index is 12.7. The van der Waals surface area contributed by atoms with E-state index in [1.165, 1.54) is 18.2 Å². The van der Waals surface area contributed by atoms with Gasteiger partial charge in [0.05, 0.1) is 11.6 Å². The predicted molar refractivity (Wildman–Crippen MR) is 93.6 cm³/mol. The molecule has 0 fully saturated rings. The van der Waals surface area contributed by atoms with Crippen LogP contribution in [0, 0.1) is 0 Å². The van der Waals surface area contributed by atoms with Gasteiger partial charge in [0, 0.05) is 11.4 Å². The zero-order valence-corrected chi connectivity index (χ0v) is 14.7. The van der Waals surface area contributed by atoms with Crippen molar-refractivity contribution in [3.05, 3.63) is 65.7 Å². The number of hydrogen-bond donors (Lipinski definition) is 1. The Morgan fingerprint density at radius 2 is 1.68 bits per heavy atom. The van der Waals surface area contributed by atoms with Crippen molar-refractivity contribution in [1.29, 1.82) is 0 Å². The third kappa shape index (κ3) is 5.79. The van der Waals surface area contributed by atoms with Gasteiger partial charge >= 0.3 is 5.51 Å². The average Bonchev–Trinajstić information content (AvgIpc) is 2.54. The first-order valence-corrected chi connectivity index (χ1v) is 8.44. The Bertz CT molecular complexity index is 705. The molecule has 1 N–H and O–H groups in total. The molecule has 25 heavy (non-hydrogen) atoms. The lowest BCUT2D eigenvalue weighted by atomic mass is 10.1. The van der Waals surface area contributed by atoms with Crippen molar-refractivity contribution in [2.75, 3.05) is 20.6 Å². The lowest BCUT2D eigenvalue weighted by Gasteiger charge is -2.25. The fourth-order valence-electron chi connectivity index (χ4n) is 2.43. The lowest BCUT2D eigenvalue weighted by Crippen LogP contribution is -2.34. The number of benzene rings is 2. The third-order valence-corrected chi connectivity index (χ3v) is 4.43. The molecule has 0 spiro atoms. The van der Waals surface area contributed by atoms with Crippen LogP contribution >= 0.6 is 11.8 Å². The van der Waals surface area contributed by atoms with Crippen LogP contribution in [-0.4, -0.2) is 37.0 Å². The summed E-state index contributed by atoms with van der Waals surface area (Å²) in [7, 11) is 3.77. The highest BCUT2D eigenvalue weighted by atomic mass is 32.2. The number of halogens is 3. The van der Waals surface area contributed by atoms with Crippen LogP contribution in [0.2, 0.25) is 0 Å². The maximum absolute atomic E-state index is 12.7. The number of carbonyl (C=O) groups excluding carboxylic acids is 1. The number of carbonyl (C=O) groups is 1. The summed E-state index contributed by atoms with van der Waals surface area (Å²) >= 11 is -0.279. The van der Waals surface area contributed by atoms with E-state index < -0.39 is 11.4 Å². The summed E-state index contributed by atoms with van der Waals surface area (Å²) < 4.78 is 38.0. The summed E-state index contributed by atoms with van der Waals surface area (Å²) in [6.07, 6.45) is 0. The first-order valence-electron chi connectivity index (χ1n) is 7.62. The number of nitrogens with one attached hydrogen (secondary N) is 1. The highest BCUT2D eigenvalue weighted by Gasteiger charge is 2.31. The molecule has 2 rings (SSSR count). The molecule has 1 unspecified atom stereocenters. The van der Waals surface area contributed by atoms with Gasteiger partial charge < -0.3 is 10.2 Å². The lowest BCUT2D eigenvalue weighted by molar-refractivity contribution is -0.0328. The minimum absolute atomic E-state index is 0.0235. The van der Waals surface area contributed by atoms with Crippen molar-refractivity contribution in [2.45, 2.75) is 16.4 Å². The molecule has 0 saturated heterocycles. The Hall–Kier alpha value is -1.99. The highest BCUT2D eigenvalue weighted by molar-refractivity contribution is 8.00. The van der Waals surface area contributed by atoms with Crippen LogP contribution in [0.1, 0.15) is 22.0 Å². The van der Waals surface area contributed by atoms with E-state index in [1.807, 2.05) is 49.3 Å². The van der Waals surface area contributed by atoms with Crippen LogP contribution in [0.3, 0.4) is 0 Å². The summed E-state index contributed by atoms with van der Waals surface area (Å²) in [4.78, 5) is 14.2. The molecule has 0 aromatic heterocycles. The molecular weight excluding hydrogens is 349 g/mol. The number of rotatable bonds is 6. The molecule has 2 aromatic rings. The van der Waals surface area contributed by atoms with E-state index in [4.69, 9.17) is 0 Å². The molecule has 0 heterocycles. The van der Waals surface area contributed by atoms with Crippen LogP contribution in [-0.2, 0) is 0 Å². The van der Waals surface area contributed by atoms with Crippen molar-refractivity contribution >= 4 is 17.7 Å². The first-order chi connectivity index (χ1) is 11.8. The van der Waals surface area contributed by atoms with Crippen LogP contribution in [0.15, 0.2) is 59.5 Å². The quantitative estimate of drug-likeness (QED) is 0.770. The van der Waals surface area contributed by atoms with Gasteiger partial charge in [-0.25, -0.2) is 0 Å². The van der Waals surface area contributed by atoms with E-state index in [9.17, 15) is 18.0 Å². The molecular formula is C18H19F3N2OS. The minimum Gasteiger partial charge on any atom is -0.350 e. The third-order valence-electron chi connectivity index (χ3n) is 3.62. The number of likely N-dealkylation sites (N-methyl/N-ethyl adjacent to an activating group) is 1. The van der Waals surface area contributed by atoms with E-state index in [2.05, 4.69) is 5.32 Å². The Morgan fingerprint density at radius 3 is 2.28 bits per heavy atom. The van der Waals surface area contributed by atoms with Crippen molar-refractivity contribution < 1.29 is 18.0 Å². The largest absolute Gasteiger partial charge is 0.446 e. The molecule has 0 aliphatic carbocycles. The second kappa shape index (κ2) is 8.40. The number of nitrogens with zero attached hydrogens (tertiary/aromatic N) is 1. The number of hydrogen-bond acceptors (Lipinski definition) is 3. The fraction of sp³-hybridized carbons (Fsp3) is 0.278. The second-order valence-corrected chi connectivity index (χ2v) is 6.75. The van der Waals surface area contributed by atoms with Crippen LogP contribution in [0.5, 0.6) is 0 Å². The monoisotopic (exact) mass is 368 g/mol. The predicted octanol–water partition coefficient (Wildman–Crippen LogP) is 4.33. The summed E-state index contributed by atoms with van der Waals surface area (Å²) in [6, 6.07) is 15.3. The van der Waals surface area contributed by atoms with Crippen LogP contribution in [0.4, 0.5) is 13.2 Å². The molecule has 0 aliphatic heterocycles. The van der Waals surface area contributed by atoms with Gasteiger partial charge in [0.2, 0.25) is 0 Å². The van der Waals surface area contributed by atoms with Gasteiger partial charge in [0.15, 0.2) is 0 Å². The van der Waals surface area contributed by atoms with Crippen molar-refractivity contribution in [3.63, 3.8) is 0 Å². The van der Waals surface area contributed by atoms with Crippen molar-refractivity contribution in [1.82, 2.24) is 10.2 Å². The molecule has 1 atom stereocenters. The van der Waals surface area contributed by atoms with Crippen molar-refractivity contribution in [3.8, 4) is 0 Å². The number of thioether (sulfide) groups is 1. The highest BCUT2D eigenvalue weighted by Crippen LogP contribution is 2.38. The normalized spacial score (nSPS) is 12.9. The smallest absolute Gasteiger partial charge is 0.350 e. The summed E-state index contributed by atoms with van der Waals surface area (Å²) in [5.74, 6) is -0.518. The zero-order valence-electron chi connectivity index (χ0n) is 13.9. The maximum Gasteiger partial charge on any atom is 0.446 e. The van der Waals surface area contributed by atoms with Gasteiger partial charge in [-0.2, -0.15) is 13.2 Å². The molecule has 2 aromatic carbocycles. The van der Waals surface area contributed by atoms with E-state index in [0.717, 1.165) is 5.56 Å². The summed E-state index contributed by atoms with van der Waals surface area (Å²) in [6.45, 7) is 0.293. The van der Waals surface area contributed by atoms with Gasteiger partial charge in [0.25, 0.3) is 5.91 Å². The van der Waals surface area contributed by atoms with Gasteiger partial charge in [-0.3, -0.25) is 4.79 Å².